The highest BCUT2D eigenvalue weighted by atomic mass is 16.5. The molecule has 2 N–H and O–H groups in total. The van der Waals surface area contributed by atoms with Crippen LogP contribution in [0.2, 0.25) is 0 Å². The van der Waals surface area contributed by atoms with Crippen molar-refractivity contribution >= 4 is 17.9 Å². The number of amides is 2. The first kappa shape index (κ1) is 23.7. The van der Waals surface area contributed by atoms with Crippen molar-refractivity contribution in [3.63, 3.8) is 0 Å². The Morgan fingerprint density at radius 1 is 0.909 bits per heavy atom. The summed E-state index contributed by atoms with van der Waals surface area (Å²) in [6.45, 7) is 5.16. The molecule has 0 heterocycles. The predicted molar refractivity (Wildman–Crippen MR) is 131 cm³/mol. The van der Waals surface area contributed by atoms with Gasteiger partial charge in [0.25, 0.3) is 0 Å². The van der Waals surface area contributed by atoms with Crippen molar-refractivity contribution in [2.45, 2.75) is 20.3 Å². The van der Waals surface area contributed by atoms with Gasteiger partial charge in [-0.3, -0.25) is 0 Å². The number of methoxy groups -OCH3 is 1. The lowest BCUT2D eigenvalue weighted by Crippen LogP contribution is -2.24. The number of hydrogen-bond donors (Lipinski definition) is 2. The molecule has 7 nitrogen and oxygen atoms in total. The van der Waals surface area contributed by atoms with E-state index in [0.29, 0.717) is 30.4 Å². The van der Waals surface area contributed by atoms with Crippen LogP contribution in [0.1, 0.15) is 23.1 Å². The van der Waals surface area contributed by atoms with Crippen molar-refractivity contribution in [3.8, 4) is 17.2 Å². The highest BCUT2D eigenvalue weighted by molar-refractivity contribution is 5.90. The van der Waals surface area contributed by atoms with Gasteiger partial charge in [-0.1, -0.05) is 35.9 Å². The number of ether oxygens (including phenoxy) is 3. The maximum Gasteiger partial charge on any atom is 0.339 e. The second kappa shape index (κ2) is 12.1. The molecule has 0 fully saturated rings. The number of aryl methyl sites for hydroxylation is 2. The number of carbonyl (C=O) groups excluding carboxylic acids is 1. The van der Waals surface area contributed by atoms with Gasteiger partial charge in [0.15, 0.2) is 11.5 Å². The maximum atomic E-state index is 11.9. The van der Waals surface area contributed by atoms with Gasteiger partial charge >= 0.3 is 6.03 Å². The lowest BCUT2D eigenvalue weighted by Gasteiger charge is -2.12. The fourth-order valence-electron chi connectivity index (χ4n) is 3.11. The largest absolute Gasteiger partial charge is 0.493 e. The highest BCUT2D eigenvalue weighted by Gasteiger charge is 2.06. The van der Waals surface area contributed by atoms with Crippen LogP contribution in [0.15, 0.2) is 71.8 Å². The number of nitrogens with one attached hydrogen (secondary N) is 2. The van der Waals surface area contributed by atoms with Crippen LogP contribution in [0, 0.1) is 13.8 Å². The second-order valence-corrected chi connectivity index (χ2v) is 7.42. The first-order chi connectivity index (χ1) is 16.0. The Morgan fingerprint density at radius 2 is 1.64 bits per heavy atom. The molecule has 0 bridgehead atoms. The summed E-state index contributed by atoms with van der Waals surface area (Å²) in [7, 11) is 1.58. The Hall–Kier alpha value is -4.00. The molecule has 33 heavy (non-hydrogen) atoms. The first-order valence-corrected chi connectivity index (χ1v) is 10.7. The molecule has 7 heteroatoms. The minimum Gasteiger partial charge on any atom is -0.493 e. The van der Waals surface area contributed by atoms with Crippen LogP contribution in [0.5, 0.6) is 17.2 Å². The molecule has 0 atom stereocenters. The zero-order valence-corrected chi connectivity index (χ0v) is 19.1. The number of para-hydroxylation sites is 1. The molecule has 0 aliphatic heterocycles. The molecule has 0 saturated carbocycles. The van der Waals surface area contributed by atoms with E-state index >= 15 is 0 Å². The van der Waals surface area contributed by atoms with Gasteiger partial charge in [-0.25, -0.2) is 10.2 Å². The smallest absolute Gasteiger partial charge is 0.339 e. The summed E-state index contributed by atoms with van der Waals surface area (Å²) in [6.07, 6.45) is 2.27. The topological polar surface area (TPSA) is 81.2 Å². The summed E-state index contributed by atoms with van der Waals surface area (Å²) in [5.74, 6) is 2.12. The average Bonchev–Trinajstić information content (AvgIpc) is 2.81. The molecule has 2 amide bonds. The summed E-state index contributed by atoms with van der Waals surface area (Å²) >= 11 is 0. The van der Waals surface area contributed by atoms with E-state index in [2.05, 4.69) is 28.8 Å². The molecule has 0 aromatic heterocycles. The van der Waals surface area contributed by atoms with Gasteiger partial charge in [-0.15, -0.1) is 0 Å². The third-order valence-electron chi connectivity index (χ3n) is 4.73. The van der Waals surface area contributed by atoms with E-state index in [9.17, 15) is 4.79 Å². The van der Waals surface area contributed by atoms with Crippen LogP contribution in [-0.2, 0) is 0 Å². The van der Waals surface area contributed by atoms with E-state index in [1.54, 1.807) is 25.3 Å². The number of nitrogens with zero attached hydrogens (tertiary/aromatic N) is 1. The predicted octanol–water partition coefficient (Wildman–Crippen LogP) is 5.32. The van der Waals surface area contributed by atoms with Gasteiger partial charge in [0.2, 0.25) is 0 Å². The third kappa shape index (κ3) is 7.57. The minimum absolute atomic E-state index is 0.424. The zero-order valence-electron chi connectivity index (χ0n) is 19.1. The number of urea groups is 1. The van der Waals surface area contributed by atoms with Crippen molar-refractivity contribution < 1.29 is 19.0 Å². The molecular formula is C26H29N3O4. The van der Waals surface area contributed by atoms with Crippen LogP contribution < -0.4 is 25.0 Å². The number of carbonyl (C=O) groups is 1. The number of hydrogen-bond acceptors (Lipinski definition) is 5. The van der Waals surface area contributed by atoms with Crippen LogP contribution in [-0.4, -0.2) is 32.6 Å². The molecule has 3 aromatic carbocycles. The van der Waals surface area contributed by atoms with E-state index in [-0.39, 0.29) is 0 Å². The normalized spacial score (nSPS) is 10.6. The molecule has 0 aliphatic rings. The van der Waals surface area contributed by atoms with Crippen molar-refractivity contribution in [3.05, 3.63) is 83.4 Å². The fourth-order valence-corrected chi connectivity index (χ4v) is 3.11. The molecule has 0 radical (unpaired) electrons. The first-order valence-electron chi connectivity index (χ1n) is 10.7. The standard InChI is InChI=1S/C26H29N3O4/c1-19-10-12-23(20(2)16-19)32-14-7-15-33-24-13-11-21(17-25(24)31-3)18-27-29-26(30)28-22-8-5-4-6-9-22/h4-6,8-13,16-18H,7,14-15H2,1-3H3,(H2,28,29,30)/b27-18-. The van der Waals surface area contributed by atoms with E-state index in [1.165, 1.54) is 11.8 Å². The third-order valence-corrected chi connectivity index (χ3v) is 4.73. The molecular weight excluding hydrogens is 418 g/mol. The van der Waals surface area contributed by atoms with E-state index in [0.717, 1.165) is 23.3 Å². The maximum absolute atomic E-state index is 11.9. The monoisotopic (exact) mass is 447 g/mol. The van der Waals surface area contributed by atoms with Gasteiger partial charge in [0.05, 0.1) is 26.5 Å². The minimum atomic E-state index is -0.424. The van der Waals surface area contributed by atoms with E-state index < -0.39 is 6.03 Å². The molecule has 0 aliphatic carbocycles. The van der Waals surface area contributed by atoms with E-state index in [1.807, 2.05) is 49.4 Å². The molecule has 0 unspecified atom stereocenters. The summed E-state index contributed by atoms with van der Waals surface area (Å²) in [6, 6.07) is 20.3. The molecule has 0 spiro atoms. The van der Waals surface area contributed by atoms with Crippen molar-refractivity contribution in [2.24, 2.45) is 5.10 Å². The quantitative estimate of drug-likeness (QED) is 0.251. The van der Waals surface area contributed by atoms with Crippen LogP contribution in [0.3, 0.4) is 0 Å². The fraction of sp³-hybridized carbons (Fsp3) is 0.231. The average molecular weight is 448 g/mol. The van der Waals surface area contributed by atoms with Gasteiger partial charge in [0, 0.05) is 12.1 Å². The van der Waals surface area contributed by atoms with Gasteiger partial charge < -0.3 is 19.5 Å². The number of rotatable bonds is 10. The van der Waals surface area contributed by atoms with Crippen LogP contribution in [0.25, 0.3) is 0 Å². The summed E-state index contributed by atoms with van der Waals surface area (Å²) < 4.78 is 17.1. The number of benzene rings is 3. The van der Waals surface area contributed by atoms with Crippen molar-refractivity contribution in [1.29, 1.82) is 0 Å². The van der Waals surface area contributed by atoms with Gasteiger partial charge in [-0.2, -0.15) is 5.10 Å². The Bertz CT molecular complexity index is 1080. The zero-order chi connectivity index (χ0) is 23.5. The highest BCUT2D eigenvalue weighted by Crippen LogP contribution is 2.27. The SMILES string of the molecule is COc1cc(/C=N\NC(=O)Nc2ccccc2)ccc1OCCCOc1ccc(C)cc1C. The van der Waals surface area contributed by atoms with Gasteiger partial charge in [0.1, 0.15) is 5.75 Å². The Balaban J connectivity index is 1.44. The molecule has 172 valence electrons. The second-order valence-electron chi connectivity index (χ2n) is 7.42. The van der Waals surface area contributed by atoms with Crippen LogP contribution in [0.4, 0.5) is 10.5 Å². The lowest BCUT2D eigenvalue weighted by atomic mass is 10.1. The summed E-state index contributed by atoms with van der Waals surface area (Å²) in [5.41, 5.74) is 6.23. The molecule has 0 saturated heterocycles. The van der Waals surface area contributed by atoms with E-state index in [4.69, 9.17) is 14.2 Å². The number of anilines is 1. The van der Waals surface area contributed by atoms with Crippen LogP contribution >= 0.6 is 0 Å². The Labute approximate surface area is 194 Å². The number of hydrazone groups is 1. The Kier molecular flexibility index (Phi) is 8.71. The molecule has 3 aromatic rings. The Morgan fingerprint density at radius 3 is 2.36 bits per heavy atom. The summed E-state index contributed by atoms with van der Waals surface area (Å²) in [4.78, 5) is 11.9. The molecule has 3 rings (SSSR count). The summed E-state index contributed by atoms with van der Waals surface area (Å²) in [5, 5.41) is 6.66. The van der Waals surface area contributed by atoms with Crippen molar-refractivity contribution in [2.75, 3.05) is 25.6 Å². The van der Waals surface area contributed by atoms with Gasteiger partial charge in [-0.05, 0) is 61.4 Å². The van der Waals surface area contributed by atoms with Crippen molar-refractivity contribution in [1.82, 2.24) is 5.43 Å². The lowest BCUT2D eigenvalue weighted by molar-refractivity contribution is 0.239.